The number of aromatic carboxylic acids is 1. The molecule has 154 valence electrons. The third-order valence-corrected chi connectivity index (χ3v) is 4.68. The number of aryl methyl sites for hydroxylation is 1. The van der Waals surface area contributed by atoms with E-state index in [2.05, 4.69) is 32.4 Å². The van der Waals surface area contributed by atoms with Crippen molar-refractivity contribution in [2.45, 2.75) is 39.2 Å². The maximum atomic E-state index is 11.3. The second kappa shape index (κ2) is 8.76. The number of amides is 1. The van der Waals surface area contributed by atoms with Gasteiger partial charge in [0, 0.05) is 49.6 Å². The number of carboxylic acid groups (broad SMARTS) is 1. The van der Waals surface area contributed by atoms with Gasteiger partial charge in [-0.15, -0.1) is 0 Å². The molecule has 1 atom stereocenters. The fraction of sp³-hybridized carbons (Fsp3) is 0.400. The lowest BCUT2D eigenvalue weighted by Crippen LogP contribution is -2.35. The Morgan fingerprint density at radius 1 is 1.28 bits per heavy atom. The monoisotopic (exact) mass is 399 g/mol. The van der Waals surface area contributed by atoms with Crippen LogP contribution < -0.4 is 15.5 Å². The quantitative estimate of drug-likeness (QED) is 0.558. The van der Waals surface area contributed by atoms with E-state index in [0.717, 1.165) is 37.3 Å². The number of benzene rings is 1. The van der Waals surface area contributed by atoms with Crippen LogP contribution >= 0.6 is 0 Å². The first-order valence-corrected chi connectivity index (χ1v) is 9.59. The minimum atomic E-state index is -1.19. The van der Waals surface area contributed by atoms with Crippen molar-refractivity contribution in [2.24, 2.45) is 0 Å². The van der Waals surface area contributed by atoms with Gasteiger partial charge >= 0.3 is 5.97 Å². The van der Waals surface area contributed by atoms with E-state index in [4.69, 9.17) is 5.11 Å². The SMILES string of the molecule is CCCc1cc(N2CC[C@H](NC(C)=O)C2)nc(Nc2ccc(C(=O)O)c(O)c2)n1. The van der Waals surface area contributed by atoms with Crippen LogP contribution in [0.5, 0.6) is 5.75 Å². The van der Waals surface area contributed by atoms with Crippen LogP contribution in [0.15, 0.2) is 24.3 Å². The Balaban J connectivity index is 1.83. The number of phenols is 1. The van der Waals surface area contributed by atoms with Crippen LogP contribution in [0.3, 0.4) is 0 Å². The summed E-state index contributed by atoms with van der Waals surface area (Å²) in [5, 5.41) is 24.9. The second-order valence-electron chi connectivity index (χ2n) is 7.09. The Morgan fingerprint density at radius 2 is 2.07 bits per heavy atom. The van der Waals surface area contributed by atoms with Gasteiger partial charge in [-0.05, 0) is 25.0 Å². The van der Waals surface area contributed by atoms with E-state index in [9.17, 15) is 14.7 Å². The minimum Gasteiger partial charge on any atom is -0.507 e. The molecule has 1 aliphatic rings. The summed E-state index contributed by atoms with van der Waals surface area (Å²) in [5.74, 6) is -0.426. The van der Waals surface area contributed by atoms with E-state index < -0.39 is 5.97 Å². The number of carboxylic acids is 1. The molecular formula is C20H25N5O4. The number of rotatable bonds is 7. The van der Waals surface area contributed by atoms with Gasteiger partial charge in [0.15, 0.2) is 0 Å². The first kappa shape index (κ1) is 20.4. The van der Waals surface area contributed by atoms with E-state index in [1.54, 1.807) is 6.07 Å². The van der Waals surface area contributed by atoms with Crippen LogP contribution in [0.25, 0.3) is 0 Å². The number of aromatic nitrogens is 2. The summed E-state index contributed by atoms with van der Waals surface area (Å²) in [6.45, 7) is 5.04. The molecule has 29 heavy (non-hydrogen) atoms. The summed E-state index contributed by atoms with van der Waals surface area (Å²) in [4.78, 5) is 33.6. The molecule has 0 saturated carbocycles. The van der Waals surface area contributed by atoms with Gasteiger partial charge in [-0.2, -0.15) is 4.98 Å². The first-order chi connectivity index (χ1) is 13.9. The van der Waals surface area contributed by atoms with Crippen molar-refractivity contribution >= 4 is 29.3 Å². The molecule has 1 aliphatic heterocycles. The molecule has 2 aromatic rings. The van der Waals surface area contributed by atoms with Gasteiger partial charge in [0.25, 0.3) is 0 Å². The standard InChI is InChI=1S/C20H25N5O4/c1-3-4-13-10-18(25-8-7-15(11-25)21-12(2)26)24-20(22-13)23-14-5-6-16(19(28)29)17(27)9-14/h5-6,9-10,15,27H,3-4,7-8,11H2,1-2H3,(H,21,26)(H,28,29)(H,22,23,24)/t15-/m0/s1. The van der Waals surface area contributed by atoms with Crippen molar-refractivity contribution in [3.05, 3.63) is 35.5 Å². The highest BCUT2D eigenvalue weighted by molar-refractivity contribution is 5.91. The lowest BCUT2D eigenvalue weighted by Gasteiger charge is -2.19. The highest BCUT2D eigenvalue weighted by atomic mass is 16.4. The number of carbonyl (C=O) groups is 2. The molecular weight excluding hydrogens is 374 g/mol. The summed E-state index contributed by atoms with van der Waals surface area (Å²) in [6.07, 6.45) is 2.56. The van der Waals surface area contributed by atoms with Crippen molar-refractivity contribution < 1.29 is 19.8 Å². The maximum absolute atomic E-state index is 11.3. The smallest absolute Gasteiger partial charge is 0.339 e. The zero-order chi connectivity index (χ0) is 21.0. The minimum absolute atomic E-state index is 0.0434. The molecule has 4 N–H and O–H groups in total. The van der Waals surface area contributed by atoms with Gasteiger partial charge in [-0.25, -0.2) is 9.78 Å². The molecule has 0 radical (unpaired) electrons. The Labute approximate surface area is 168 Å². The third kappa shape index (κ3) is 5.13. The zero-order valence-electron chi connectivity index (χ0n) is 16.5. The summed E-state index contributed by atoms with van der Waals surface area (Å²) in [6, 6.07) is 6.27. The molecule has 2 heterocycles. The second-order valence-corrected chi connectivity index (χ2v) is 7.09. The molecule has 1 aromatic heterocycles. The molecule has 9 nitrogen and oxygen atoms in total. The predicted molar refractivity (Wildman–Crippen MR) is 109 cm³/mol. The molecule has 0 spiro atoms. The van der Waals surface area contributed by atoms with E-state index in [1.807, 2.05) is 6.07 Å². The number of nitrogens with one attached hydrogen (secondary N) is 2. The number of hydrogen-bond donors (Lipinski definition) is 4. The summed E-state index contributed by atoms with van der Waals surface area (Å²) >= 11 is 0. The Bertz CT molecular complexity index is 918. The Morgan fingerprint density at radius 3 is 2.72 bits per heavy atom. The van der Waals surface area contributed by atoms with E-state index >= 15 is 0 Å². The molecule has 0 bridgehead atoms. The van der Waals surface area contributed by atoms with E-state index in [-0.39, 0.29) is 23.3 Å². The van der Waals surface area contributed by atoms with Gasteiger partial charge in [0.05, 0.1) is 0 Å². The van der Waals surface area contributed by atoms with Crippen molar-refractivity contribution in [1.82, 2.24) is 15.3 Å². The number of carbonyl (C=O) groups excluding carboxylic acids is 1. The normalized spacial score (nSPS) is 15.9. The van der Waals surface area contributed by atoms with Gasteiger partial charge in [0.2, 0.25) is 11.9 Å². The van der Waals surface area contributed by atoms with Crippen LogP contribution in [0.1, 0.15) is 42.7 Å². The number of nitrogens with zero attached hydrogens (tertiary/aromatic N) is 3. The fourth-order valence-electron chi connectivity index (χ4n) is 3.38. The highest BCUT2D eigenvalue weighted by Gasteiger charge is 2.25. The third-order valence-electron chi connectivity index (χ3n) is 4.68. The van der Waals surface area contributed by atoms with Crippen molar-refractivity contribution in [2.75, 3.05) is 23.3 Å². The predicted octanol–water partition coefficient (Wildman–Crippen LogP) is 2.29. The van der Waals surface area contributed by atoms with Crippen LogP contribution in [0.4, 0.5) is 17.5 Å². The molecule has 0 unspecified atom stereocenters. The average molecular weight is 399 g/mol. The highest BCUT2D eigenvalue weighted by Crippen LogP contribution is 2.26. The molecule has 3 rings (SSSR count). The Kier molecular flexibility index (Phi) is 6.16. The largest absolute Gasteiger partial charge is 0.507 e. The summed E-state index contributed by atoms with van der Waals surface area (Å²) < 4.78 is 0. The van der Waals surface area contributed by atoms with Crippen LogP contribution in [-0.4, -0.2) is 51.2 Å². The first-order valence-electron chi connectivity index (χ1n) is 9.59. The van der Waals surface area contributed by atoms with Crippen molar-refractivity contribution in [3.63, 3.8) is 0 Å². The van der Waals surface area contributed by atoms with Gasteiger partial charge in [-0.1, -0.05) is 13.3 Å². The lowest BCUT2D eigenvalue weighted by molar-refractivity contribution is -0.119. The molecule has 0 aliphatic carbocycles. The molecule has 1 aromatic carbocycles. The average Bonchev–Trinajstić information content (AvgIpc) is 3.09. The summed E-state index contributed by atoms with van der Waals surface area (Å²) in [5.41, 5.74) is 1.21. The van der Waals surface area contributed by atoms with Gasteiger partial charge < -0.3 is 25.7 Å². The van der Waals surface area contributed by atoms with Crippen LogP contribution in [0, 0.1) is 0 Å². The van der Waals surface area contributed by atoms with Gasteiger partial charge in [0.1, 0.15) is 17.1 Å². The fourth-order valence-corrected chi connectivity index (χ4v) is 3.38. The number of aromatic hydroxyl groups is 1. The van der Waals surface area contributed by atoms with Crippen LogP contribution in [0.2, 0.25) is 0 Å². The molecule has 1 fully saturated rings. The van der Waals surface area contributed by atoms with Crippen LogP contribution in [-0.2, 0) is 11.2 Å². The molecule has 9 heteroatoms. The molecule has 1 saturated heterocycles. The topological polar surface area (TPSA) is 128 Å². The number of anilines is 3. The van der Waals surface area contributed by atoms with Gasteiger partial charge in [-0.3, -0.25) is 4.79 Å². The van der Waals surface area contributed by atoms with Crippen molar-refractivity contribution in [1.29, 1.82) is 0 Å². The zero-order valence-corrected chi connectivity index (χ0v) is 16.5. The van der Waals surface area contributed by atoms with Crippen molar-refractivity contribution in [3.8, 4) is 5.75 Å². The Hall–Kier alpha value is -3.36. The van der Waals surface area contributed by atoms with E-state index in [1.165, 1.54) is 19.1 Å². The van der Waals surface area contributed by atoms with E-state index in [0.29, 0.717) is 18.2 Å². The number of hydrogen-bond acceptors (Lipinski definition) is 7. The lowest BCUT2D eigenvalue weighted by atomic mass is 10.2. The summed E-state index contributed by atoms with van der Waals surface area (Å²) in [7, 11) is 0. The maximum Gasteiger partial charge on any atom is 0.339 e. The molecule has 1 amide bonds.